The maximum Gasteiger partial charge on any atom is 0.416 e. The lowest BCUT2D eigenvalue weighted by molar-refractivity contribution is -0.137. The number of carbonyl (C=O) groups excluding carboxylic acids is 1. The highest BCUT2D eigenvalue weighted by Gasteiger charge is 2.31. The van der Waals surface area contributed by atoms with Crippen LogP contribution in [0.4, 0.5) is 34.6 Å². The molecular formula is C20H17F3N6OS2. The average Bonchev–Trinajstić information content (AvgIpc) is 3.38. The van der Waals surface area contributed by atoms with Crippen molar-refractivity contribution in [3.8, 4) is 0 Å². The van der Waals surface area contributed by atoms with Crippen molar-refractivity contribution in [2.45, 2.75) is 19.5 Å². The van der Waals surface area contributed by atoms with Gasteiger partial charge in [0.2, 0.25) is 0 Å². The van der Waals surface area contributed by atoms with E-state index in [4.69, 9.17) is 0 Å². The van der Waals surface area contributed by atoms with Crippen LogP contribution in [0.1, 0.15) is 16.0 Å². The number of aryl methyl sites for hydroxylation is 1. The van der Waals surface area contributed by atoms with E-state index in [9.17, 15) is 18.0 Å². The summed E-state index contributed by atoms with van der Waals surface area (Å²) in [6, 6.07) is 4.47. The summed E-state index contributed by atoms with van der Waals surface area (Å²) in [6.45, 7) is 2.23. The number of halogens is 3. The molecule has 0 atom stereocenters. The molecule has 0 aliphatic rings. The molecule has 0 radical (unpaired) electrons. The molecule has 166 valence electrons. The maximum atomic E-state index is 12.9. The zero-order valence-corrected chi connectivity index (χ0v) is 18.3. The fraction of sp³-hybridized carbons (Fsp3) is 0.200. The van der Waals surface area contributed by atoms with Crippen molar-refractivity contribution in [3.63, 3.8) is 0 Å². The molecule has 0 spiro atoms. The Morgan fingerprint density at radius 3 is 2.78 bits per heavy atom. The van der Waals surface area contributed by atoms with Gasteiger partial charge in [0, 0.05) is 29.7 Å². The summed E-state index contributed by atoms with van der Waals surface area (Å²) in [7, 11) is 0. The zero-order valence-electron chi connectivity index (χ0n) is 16.7. The van der Waals surface area contributed by atoms with E-state index in [1.54, 1.807) is 24.5 Å². The van der Waals surface area contributed by atoms with E-state index in [1.165, 1.54) is 23.7 Å². The summed E-state index contributed by atoms with van der Waals surface area (Å²) in [5.74, 6) is 0.767. The smallest absolute Gasteiger partial charge is 0.368 e. The van der Waals surface area contributed by atoms with Crippen LogP contribution >= 0.6 is 22.7 Å². The van der Waals surface area contributed by atoms with Crippen LogP contribution in [0.2, 0.25) is 0 Å². The van der Waals surface area contributed by atoms with Gasteiger partial charge in [-0.25, -0.2) is 19.7 Å². The van der Waals surface area contributed by atoms with Crippen molar-refractivity contribution >= 4 is 55.6 Å². The SMILES string of the molecule is Cc1ccc(C(F)(F)F)cc1NC(=O)Nc1ncc(CCNc2ncnc3ccsc23)s1. The Morgan fingerprint density at radius 2 is 1.97 bits per heavy atom. The van der Waals surface area contributed by atoms with Gasteiger partial charge in [0.15, 0.2) is 5.13 Å². The number of carbonyl (C=O) groups is 1. The molecule has 3 aromatic heterocycles. The molecule has 0 bridgehead atoms. The normalized spacial score (nSPS) is 11.5. The minimum atomic E-state index is -4.49. The van der Waals surface area contributed by atoms with Crippen molar-refractivity contribution in [2.24, 2.45) is 0 Å². The number of amides is 2. The molecule has 4 rings (SSSR count). The molecule has 4 aromatic rings. The quantitative estimate of drug-likeness (QED) is 0.327. The van der Waals surface area contributed by atoms with Gasteiger partial charge in [-0.1, -0.05) is 6.07 Å². The number of alkyl halides is 3. The highest BCUT2D eigenvalue weighted by molar-refractivity contribution is 7.17. The van der Waals surface area contributed by atoms with Crippen molar-refractivity contribution in [3.05, 3.63) is 58.2 Å². The standard InChI is InChI=1S/C20H17F3N6OS2/c1-11-2-3-12(20(21,22)23)8-15(11)28-18(30)29-19-25-9-13(32-19)4-6-24-17-16-14(5-7-31-16)26-10-27-17/h2-3,5,7-10H,4,6H2,1H3,(H,24,26,27)(H2,25,28,29,30). The molecule has 3 N–H and O–H groups in total. The van der Waals surface area contributed by atoms with Crippen LogP contribution in [0.15, 0.2) is 42.2 Å². The fourth-order valence-corrected chi connectivity index (χ4v) is 4.50. The summed E-state index contributed by atoms with van der Waals surface area (Å²) in [6.07, 6.45) is -0.667. The molecule has 1 aromatic carbocycles. The lowest BCUT2D eigenvalue weighted by Gasteiger charge is -2.12. The summed E-state index contributed by atoms with van der Waals surface area (Å²) in [4.78, 5) is 25.8. The topological polar surface area (TPSA) is 91.8 Å². The number of benzene rings is 1. The molecule has 3 heterocycles. The number of nitrogens with zero attached hydrogens (tertiary/aromatic N) is 3. The van der Waals surface area contributed by atoms with Gasteiger partial charge in [0.05, 0.1) is 15.8 Å². The lowest BCUT2D eigenvalue weighted by atomic mass is 10.1. The Kier molecular flexibility index (Phi) is 6.24. The van der Waals surface area contributed by atoms with Gasteiger partial charge >= 0.3 is 12.2 Å². The van der Waals surface area contributed by atoms with Gasteiger partial charge in [0.1, 0.15) is 12.1 Å². The first-order valence-electron chi connectivity index (χ1n) is 9.42. The van der Waals surface area contributed by atoms with Crippen molar-refractivity contribution in [1.29, 1.82) is 0 Å². The molecule has 2 amide bonds. The van der Waals surface area contributed by atoms with Gasteiger partial charge in [-0.3, -0.25) is 5.32 Å². The van der Waals surface area contributed by atoms with Crippen LogP contribution in [0.25, 0.3) is 10.2 Å². The number of nitrogens with one attached hydrogen (secondary N) is 3. The number of hydrogen-bond acceptors (Lipinski definition) is 7. The summed E-state index contributed by atoms with van der Waals surface area (Å²) in [5.41, 5.74) is 0.663. The summed E-state index contributed by atoms with van der Waals surface area (Å²) >= 11 is 2.85. The van der Waals surface area contributed by atoms with Crippen molar-refractivity contribution in [2.75, 3.05) is 22.5 Å². The highest BCUT2D eigenvalue weighted by atomic mass is 32.1. The first-order chi connectivity index (χ1) is 15.3. The monoisotopic (exact) mass is 478 g/mol. The van der Waals surface area contributed by atoms with E-state index in [-0.39, 0.29) is 5.69 Å². The van der Waals surface area contributed by atoms with Gasteiger partial charge in [0.25, 0.3) is 0 Å². The van der Waals surface area contributed by atoms with E-state index < -0.39 is 17.8 Å². The van der Waals surface area contributed by atoms with E-state index in [2.05, 4.69) is 30.9 Å². The summed E-state index contributed by atoms with van der Waals surface area (Å²) < 4.78 is 39.7. The minimum absolute atomic E-state index is 0.0862. The zero-order chi connectivity index (χ0) is 22.7. The summed E-state index contributed by atoms with van der Waals surface area (Å²) in [5, 5.41) is 10.6. The first kappa shape index (κ1) is 22.0. The van der Waals surface area contributed by atoms with E-state index in [1.807, 2.05) is 11.4 Å². The second-order valence-corrected chi connectivity index (χ2v) is 8.80. The minimum Gasteiger partial charge on any atom is -0.368 e. The molecule has 0 aliphatic heterocycles. The molecule has 0 saturated carbocycles. The molecule has 12 heteroatoms. The predicted octanol–water partition coefficient (Wildman–Crippen LogP) is 5.77. The van der Waals surface area contributed by atoms with E-state index in [0.29, 0.717) is 23.7 Å². The Morgan fingerprint density at radius 1 is 1.12 bits per heavy atom. The predicted molar refractivity (Wildman–Crippen MR) is 121 cm³/mol. The molecule has 0 unspecified atom stereocenters. The van der Waals surface area contributed by atoms with Crippen molar-refractivity contribution in [1.82, 2.24) is 15.0 Å². The Bertz CT molecular complexity index is 1250. The third kappa shape index (κ3) is 5.14. The maximum absolute atomic E-state index is 12.9. The number of thiazole rings is 1. The van der Waals surface area contributed by atoms with Crippen LogP contribution in [0, 0.1) is 6.92 Å². The van der Waals surface area contributed by atoms with Gasteiger partial charge < -0.3 is 10.6 Å². The van der Waals surface area contributed by atoms with E-state index >= 15 is 0 Å². The molecule has 7 nitrogen and oxygen atoms in total. The highest BCUT2D eigenvalue weighted by Crippen LogP contribution is 2.32. The lowest BCUT2D eigenvalue weighted by Crippen LogP contribution is -2.20. The van der Waals surface area contributed by atoms with Crippen LogP contribution in [-0.2, 0) is 12.6 Å². The molecule has 0 saturated heterocycles. The third-order valence-corrected chi connectivity index (χ3v) is 6.38. The van der Waals surface area contributed by atoms with Crippen LogP contribution in [-0.4, -0.2) is 27.5 Å². The number of hydrogen-bond donors (Lipinski definition) is 3. The molecule has 0 aliphatic carbocycles. The number of thiophene rings is 1. The van der Waals surface area contributed by atoms with Crippen LogP contribution in [0.5, 0.6) is 0 Å². The van der Waals surface area contributed by atoms with Crippen LogP contribution in [0.3, 0.4) is 0 Å². The van der Waals surface area contributed by atoms with Gasteiger partial charge in [-0.15, -0.1) is 22.7 Å². The fourth-order valence-electron chi connectivity index (χ4n) is 2.88. The number of rotatable bonds is 6. The first-order valence-corrected chi connectivity index (χ1v) is 11.1. The van der Waals surface area contributed by atoms with Crippen molar-refractivity contribution < 1.29 is 18.0 Å². The molecular weight excluding hydrogens is 461 g/mol. The van der Waals surface area contributed by atoms with Crippen LogP contribution < -0.4 is 16.0 Å². The largest absolute Gasteiger partial charge is 0.416 e. The third-order valence-electron chi connectivity index (χ3n) is 4.49. The molecule has 32 heavy (non-hydrogen) atoms. The number of anilines is 3. The number of fused-ring (bicyclic) bond motifs is 1. The number of aromatic nitrogens is 3. The number of urea groups is 1. The second-order valence-electron chi connectivity index (χ2n) is 6.77. The Labute approximate surface area is 188 Å². The van der Waals surface area contributed by atoms with E-state index in [0.717, 1.165) is 33.0 Å². The second kappa shape index (κ2) is 9.09. The van der Waals surface area contributed by atoms with Gasteiger partial charge in [-0.2, -0.15) is 13.2 Å². The van der Waals surface area contributed by atoms with Gasteiger partial charge in [-0.05, 0) is 36.1 Å². The molecule has 0 fully saturated rings. The average molecular weight is 479 g/mol. The Balaban J connectivity index is 1.32. The Hall–Kier alpha value is -3.25.